The molecule has 0 aliphatic carbocycles. The van der Waals surface area contributed by atoms with E-state index in [0.717, 1.165) is 0 Å². The van der Waals surface area contributed by atoms with E-state index in [0.29, 0.717) is 34.0 Å². The normalized spacial score (nSPS) is 21.1. The first kappa shape index (κ1) is 33.1. The highest BCUT2D eigenvalue weighted by Crippen LogP contribution is 2.61. The molecule has 1 heterocycles. The predicted molar refractivity (Wildman–Crippen MR) is 170 cm³/mol. The van der Waals surface area contributed by atoms with E-state index in [-0.39, 0.29) is 18.1 Å². The lowest BCUT2D eigenvalue weighted by Crippen LogP contribution is -2.51. The Morgan fingerprint density at radius 3 is 1.76 bits per heavy atom. The first-order valence-electron chi connectivity index (χ1n) is 14.8. The Bertz CT molecular complexity index is 1490. The smallest absolute Gasteiger partial charge is 0.415 e. The summed E-state index contributed by atoms with van der Waals surface area (Å²) >= 11 is 0.577. The van der Waals surface area contributed by atoms with Crippen LogP contribution >= 0.6 is 11.8 Å². The zero-order chi connectivity index (χ0) is 32.6. The number of hydrogen-bond donors (Lipinski definition) is 0. The highest BCUT2D eigenvalue weighted by Gasteiger charge is 2.67. The Hall–Kier alpha value is -4.28. The molecule has 6 nitrogen and oxygen atoms in total. The zero-order valence-corrected chi connectivity index (χ0v) is 26.0. The van der Waals surface area contributed by atoms with Gasteiger partial charge in [-0.2, -0.15) is 0 Å². The SMILES string of the molecule is CCOC(=O)COC(=O)N1C(F)C(F)(SC(c2ccccc2)(c2ccccc2)c2ccccc2)CC1(F)COCc1ccccc1. The summed E-state index contributed by atoms with van der Waals surface area (Å²) in [6, 6.07) is 35.8. The maximum Gasteiger partial charge on any atom is 0.415 e. The molecule has 0 spiro atoms. The molecule has 4 aromatic rings. The summed E-state index contributed by atoms with van der Waals surface area (Å²) in [5.74, 6) is -3.88. The van der Waals surface area contributed by atoms with Gasteiger partial charge in [0.2, 0.25) is 17.1 Å². The van der Waals surface area contributed by atoms with Crippen molar-refractivity contribution in [3.05, 3.63) is 144 Å². The monoisotopic (exact) mass is 649 g/mol. The van der Waals surface area contributed by atoms with Gasteiger partial charge in [0.1, 0.15) is 6.61 Å². The molecule has 5 rings (SSSR count). The third-order valence-corrected chi connectivity index (χ3v) is 9.33. The highest BCUT2D eigenvalue weighted by atomic mass is 32.2. The van der Waals surface area contributed by atoms with E-state index in [4.69, 9.17) is 14.2 Å². The lowest BCUT2D eigenvalue weighted by atomic mass is 9.84. The topological polar surface area (TPSA) is 65.1 Å². The molecule has 1 aliphatic rings. The Morgan fingerprint density at radius 2 is 1.28 bits per heavy atom. The number of thioether (sulfide) groups is 1. The van der Waals surface area contributed by atoms with Gasteiger partial charge in [0.25, 0.3) is 0 Å². The maximum atomic E-state index is 17.6. The molecule has 0 N–H and O–H groups in total. The average molecular weight is 650 g/mol. The fourth-order valence-corrected chi connectivity index (χ4v) is 7.41. The molecule has 46 heavy (non-hydrogen) atoms. The van der Waals surface area contributed by atoms with Crippen LogP contribution in [0.1, 0.15) is 35.6 Å². The molecule has 4 aromatic carbocycles. The minimum atomic E-state index is -3.02. The van der Waals surface area contributed by atoms with Crippen molar-refractivity contribution in [3.63, 3.8) is 0 Å². The minimum absolute atomic E-state index is 0.0109. The zero-order valence-electron chi connectivity index (χ0n) is 25.2. The predicted octanol–water partition coefficient (Wildman–Crippen LogP) is 7.96. The second-order valence-electron chi connectivity index (χ2n) is 10.8. The number of benzene rings is 4. The summed E-state index contributed by atoms with van der Waals surface area (Å²) in [5, 5.41) is -3.02. The van der Waals surface area contributed by atoms with Crippen LogP contribution in [0.3, 0.4) is 0 Å². The van der Waals surface area contributed by atoms with Crippen molar-refractivity contribution in [2.24, 2.45) is 0 Å². The summed E-state index contributed by atoms with van der Waals surface area (Å²) in [7, 11) is 0. The van der Waals surface area contributed by atoms with Crippen molar-refractivity contribution >= 4 is 23.8 Å². The van der Waals surface area contributed by atoms with Gasteiger partial charge < -0.3 is 14.2 Å². The van der Waals surface area contributed by atoms with Crippen LogP contribution < -0.4 is 0 Å². The minimum Gasteiger partial charge on any atom is -0.463 e. The molecule has 1 saturated heterocycles. The van der Waals surface area contributed by atoms with Gasteiger partial charge in [0, 0.05) is 0 Å². The van der Waals surface area contributed by atoms with Gasteiger partial charge in [-0.3, -0.25) is 0 Å². The average Bonchev–Trinajstić information content (AvgIpc) is 3.28. The standard InChI is InChI=1S/C36H34F3NO5S/c1-2-44-31(41)24-45-33(42)40-32(37)35(39,25-34(40,38)26-43-23-27-15-7-3-8-16-27)46-36(28-17-9-4-10-18-28,29-19-11-5-12-20-29)30-21-13-6-14-22-30/h3-22,32H,2,23-26H2,1H3. The van der Waals surface area contributed by atoms with Gasteiger partial charge in [-0.15, -0.1) is 0 Å². The number of halogens is 3. The molecular formula is C36H34F3NO5S. The molecule has 0 aromatic heterocycles. The second kappa shape index (κ2) is 14.4. The number of alkyl halides is 3. The fourth-order valence-electron chi connectivity index (χ4n) is 5.64. The summed E-state index contributed by atoms with van der Waals surface area (Å²) in [5.41, 5.74) is 2.56. The highest BCUT2D eigenvalue weighted by molar-refractivity contribution is 8.01. The van der Waals surface area contributed by atoms with Gasteiger partial charge in [0.05, 0.1) is 24.4 Å². The van der Waals surface area contributed by atoms with E-state index >= 15 is 13.2 Å². The van der Waals surface area contributed by atoms with Crippen molar-refractivity contribution in [2.75, 3.05) is 19.8 Å². The number of nitrogens with zero attached hydrogens (tertiary/aromatic N) is 1. The molecule has 0 saturated carbocycles. The van der Waals surface area contributed by atoms with Crippen LogP contribution in [-0.4, -0.2) is 53.9 Å². The number of likely N-dealkylation sites (tertiary alicyclic amines) is 1. The quantitative estimate of drug-likeness (QED) is 0.0882. The molecule has 1 aliphatic heterocycles. The van der Waals surface area contributed by atoms with E-state index in [1.807, 2.05) is 18.2 Å². The van der Waals surface area contributed by atoms with Crippen LogP contribution in [0, 0.1) is 0 Å². The third-order valence-electron chi connectivity index (χ3n) is 7.64. The van der Waals surface area contributed by atoms with Gasteiger partial charge >= 0.3 is 12.1 Å². The number of ether oxygens (including phenoxy) is 3. The molecular weight excluding hydrogens is 615 g/mol. The van der Waals surface area contributed by atoms with E-state index in [9.17, 15) is 9.59 Å². The fraction of sp³-hybridized carbons (Fsp3) is 0.278. The maximum absolute atomic E-state index is 17.6. The first-order chi connectivity index (χ1) is 22.2. The molecule has 240 valence electrons. The van der Waals surface area contributed by atoms with E-state index < -0.39 is 53.5 Å². The number of amides is 1. The molecule has 3 atom stereocenters. The summed E-state index contributed by atoms with van der Waals surface area (Å²) < 4.78 is 65.3. The molecule has 1 fully saturated rings. The van der Waals surface area contributed by atoms with Gasteiger partial charge in [0.15, 0.2) is 6.61 Å². The van der Waals surface area contributed by atoms with Crippen molar-refractivity contribution in [1.82, 2.24) is 4.90 Å². The van der Waals surface area contributed by atoms with E-state index in [1.54, 1.807) is 110 Å². The summed E-state index contributed by atoms with van der Waals surface area (Å²) in [4.78, 5) is 25.3. The summed E-state index contributed by atoms with van der Waals surface area (Å²) in [6.45, 7) is -0.245. The number of hydrogen-bond acceptors (Lipinski definition) is 6. The van der Waals surface area contributed by atoms with Crippen molar-refractivity contribution in [1.29, 1.82) is 0 Å². The van der Waals surface area contributed by atoms with Crippen LogP contribution in [0.15, 0.2) is 121 Å². The van der Waals surface area contributed by atoms with Crippen LogP contribution in [0.4, 0.5) is 18.0 Å². The van der Waals surface area contributed by atoms with Crippen molar-refractivity contribution in [2.45, 2.75) is 41.8 Å². The van der Waals surface area contributed by atoms with Gasteiger partial charge in [-0.1, -0.05) is 133 Å². The van der Waals surface area contributed by atoms with Crippen LogP contribution in [0.25, 0.3) is 0 Å². The third kappa shape index (κ3) is 6.93. The molecule has 0 radical (unpaired) electrons. The molecule has 1 amide bonds. The molecule has 3 unspecified atom stereocenters. The van der Waals surface area contributed by atoms with Gasteiger partial charge in [-0.25, -0.2) is 27.7 Å². The van der Waals surface area contributed by atoms with Crippen LogP contribution in [0.5, 0.6) is 0 Å². The Balaban J connectivity index is 1.56. The van der Waals surface area contributed by atoms with E-state index in [2.05, 4.69) is 0 Å². The Morgan fingerprint density at radius 1 is 0.804 bits per heavy atom. The number of esters is 1. The molecule has 10 heteroatoms. The second-order valence-corrected chi connectivity index (χ2v) is 12.3. The Kier molecular flexibility index (Phi) is 10.4. The van der Waals surface area contributed by atoms with Crippen LogP contribution in [-0.2, 0) is 30.4 Å². The van der Waals surface area contributed by atoms with E-state index in [1.165, 1.54) is 0 Å². The number of rotatable bonds is 12. The van der Waals surface area contributed by atoms with Gasteiger partial charge in [-0.05, 0) is 29.2 Å². The summed E-state index contributed by atoms with van der Waals surface area (Å²) in [6.07, 6.45) is -5.45. The van der Waals surface area contributed by atoms with Crippen molar-refractivity contribution < 1.29 is 37.0 Å². The Labute approximate surface area is 270 Å². The first-order valence-corrected chi connectivity index (χ1v) is 15.7. The lowest BCUT2D eigenvalue weighted by Gasteiger charge is -2.40. The number of carbonyl (C=O) groups is 2. The number of carbonyl (C=O) groups excluding carboxylic acids is 2. The molecule has 0 bridgehead atoms. The largest absolute Gasteiger partial charge is 0.463 e. The van der Waals surface area contributed by atoms with Crippen molar-refractivity contribution in [3.8, 4) is 0 Å². The lowest BCUT2D eigenvalue weighted by molar-refractivity contribution is -0.148. The van der Waals surface area contributed by atoms with Crippen LogP contribution in [0.2, 0.25) is 0 Å².